The van der Waals surface area contributed by atoms with Crippen LogP contribution < -0.4 is 5.32 Å². The largest absolute Gasteiger partial charge is 0.309 e. The molecule has 0 aliphatic heterocycles. The lowest BCUT2D eigenvalue weighted by atomic mass is 10.1. The highest BCUT2D eigenvalue weighted by Gasteiger charge is 2.31. The molecule has 2 amide bonds. The molecule has 1 N–H and O–H groups in total. The van der Waals surface area contributed by atoms with Crippen LogP contribution in [0.15, 0.2) is 0 Å². The molecule has 0 aliphatic carbocycles. The molecule has 0 saturated carbocycles. The van der Waals surface area contributed by atoms with Crippen LogP contribution in [0.25, 0.3) is 0 Å². The van der Waals surface area contributed by atoms with Crippen LogP contribution in [0, 0.1) is 0 Å². The van der Waals surface area contributed by atoms with Crippen molar-refractivity contribution in [2.24, 2.45) is 0 Å². The van der Waals surface area contributed by atoms with E-state index >= 15 is 0 Å². The first kappa shape index (κ1) is 16.6. The van der Waals surface area contributed by atoms with Crippen LogP contribution in [0.2, 0.25) is 0 Å². The number of nitrogens with zero attached hydrogens (tertiary/aromatic N) is 2. The van der Waals surface area contributed by atoms with Gasteiger partial charge in [0.2, 0.25) is 6.41 Å². The van der Waals surface area contributed by atoms with Crippen molar-refractivity contribution >= 4 is 18.1 Å². The molecule has 0 heterocycles. The third-order valence-electron chi connectivity index (χ3n) is 2.96. The molecule has 104 valence electrons. The fourth-order valence-electron chi connectivity index (χ4n) is 1.65. The van der Waals surface area contributed by atoms with Crippen molar-refractivity contribution in [1.29, 1.82) is 0 Å². The second kappa shape index (κ2) is 7.81. The molecule has 0 aromatic heterocycles. The van der Waals surface area contributed by atoms with Crippen LogP contribution in [-0.2, 0) is 14.4 Å². The van der Waals surface area contributed by atoms with Gasteiger partial charge in [-0.2, -0.15) is 0 Å². The summed E-state index contributed by atoms with van der Waals surface area (Å²) in [5, 5.41) is 5.35. The highest BCUT2D eigenvalue weighted by atomic mass is 16.2. The van der Waals surface area contributed by atoms with Crippen LogP contribution in [0.4, 0.5) is 0 Å². The van der Waals surface area contributed by atoms with Crippen LogP contribution >= 0.6 is 0 Å². The molecule has 6 nitrogen and oxygen atoms in total. The number of carbonyl (C=O) groups excluding carboxylic acids is 3. The number of nitrogens with one attached hydrogen (secondary N) is 1. The summed E-state index contributed by atoms with van der Waals surface area (Å²) in [6.07, 6.45) is 1.16. The first-order valence-electron chi connectivity index (χ1n) is 6.17. The molecule has 2 unspecified atom stereocenters. The first-order chi connectivity index (χ1) is 8.44. The summed E-state index contributed by atoms with van der Waals surface area (Å²) in [5.74, 6) is -0.425. The topological polar surface area (TPSA) is 69.7 Å². The zero-order valence-corrected chi connectivity index (χ0v) is 11.8. The number of hydrogen-bond acceptors (Lipinski definition) is 4. The van der Waals surface area contributed by atoms with E-state index in [0.717, 1.165) is 0 Å². The monoisotopic (exact) mass is 257 g/mol. The molecule has 0 rings (SSSR count). The molecule has 0 aliphatic rings. The predicted molar refractivity (Wildman–Crippen MR) is 68.6 cm³/mol. The van der Waals surface area contributed by atoms with Gasteiger partial charge in [0.1, 0.15) is 6.04 Å². The van der Waals surface area contributed by atoms with Crippen molar-refractivity contribution in [2.45, 2.75) is 46.2 Å². The number of amides is 2. The zero-order valence-electron chi connectivity index (χ0n) is 11.8. The predicted octanol–water partition coefficient (Wildman–Crippen LogP) is 0.184. The molecule has 2 atom stereocenters. The van der Waals surface area contributed by atoms with Crippen molar-refractivity contribution in [1.82, 2.24) is 15.3 Å². The summed E-state index contributed by atoms with van der Waals surface area (Å²) < 4.78 is 0. The quantitative estimate of drug-likeness (QED) is 0.497. The highest BCUT2D eigenvalue weighted by molar-refractivity contribution is 5.89. The lowest BCUT2D eigenvalue weighted by Crippen LogP contribution is -2.57. The van der Waals surface area contributed by atoms with Gasteiger partial charge < -0.3 is 5.32 Å². The van der Waals surface area contributed by atoms with Crippen molar-refractivity contribution in [3.8, 4) is 0 Å². The van der Waals surface area contributed by atoms with Crippen LogP contribution in [0.3, 0.4) is 0 Å². The maximum absolute atomic E-state index is 12.3. The Morgan fingerprint density at radius 2 is 1.89 bits per heavy atom. The third kappa shape index (κ3) is 3.80. The summed E-state index contributed by atoms with van der Waals surface area (Å²) in [6.45, 7) is 6.99. The number of Topliss-reactive ketones (excluding diaryl/α,β-unsaturated/α-hetero) is 1. The number of rotatable bonds is 8. The fraction of sp³-hybridized carbons (Fsp3) is 0.750. The van der Waals surface area contributed by atoms with Gasteiger partial charge in [-0.25, -0.2) is 5.01 Å². The number of likely N-dealkylation sites (N-methyl/N-ethyl adjacent to an activating group) is 1. The van der Waals surface area contributed by atoms with Gasteiger partial charge in [0.15, 0.2) is 5.78 Å². The van der Waals surface area contributed by atoms with Crippen molar-refractivity contribution in [2.75, 3.05) is 13.6 Å². The molecule has 0 fully saturated rings. The number of hydrazine groups is 1. The third-order valence-corrected chi connectivity index (χ3v) is 2.96. The molecular weight excluding hydrogens is 234 g/mol. The molecule has 0 radical (unpaired) electrons. The Morgan fingerprint density at radius 1 is 1.33 bits per heavy atom. The summed E-state index contributed by atoms with van der Waals surface area (Å²) in [4.78, 5) is 34.8. The van der Waals surface area contributed by atoms with Gasteiger partial charge in [0, 0.05) is 6.54 Å². The Bertz CT molecular complexity index is 301. The van der Waals surface area contributed by atoms with E-state index in [1.807, 2.05) is 6.92 Å². The zero-order chi connectivity index (χ0) is 14.3. The minimum Gasteiger partial charge on any atom is -0.309 e. The van der Waals surface area contributed by atoms with Gasteiger partial charge in [0.05, 0.1) is 6.04 Å². The summed E-state index contributed by atoms with van der Waals surface area (Å²) in [5.41, 5.74) is 0. The van der Waals surface area contributed by atoms with Crippen molar-refractivity contribution < 1.29 is 14.4 Å². The minimum absolute atomic E-state index is 0.158. The van der Waals surface area contributed by atoms with Gasteiger partial charge in [-0.3, -0.25) is 19.4 Å². The molecule has 0 aromatic rings. The summed E-state index contributed by atoms with van der Waals surface area (Å²) in [7, 11) is 1.68. The second-order valence-electron chi connectivity index (χ2n) is 4.08. The lowest BCUT2D eigenvalue weighted by molar-refractivity contribution is -0.165. The Morgan fingerprint density at radius 3 is 2.17 bits per heavy atom. The van der Waals surface area contributed by atoms with Crippen LogP contribution in [-0.4, -0.2) is 53.8 Å². The first-order valence-corrected chi connectivity index (χ1v) is 6.17. The summed E-state index contributed by atoms with van der Waals surface area (Å²) in [6, 6.07) is -1.05. The highest BCUT2D eigenvalue weighted by Crippen LogP contribution is 2.09. The Hall–Kier alpha value is -1.43. The second-order valence-corrected chi connectivity index (χ2v) is 4.08. The van der Waals surface area contributed by atoms with E-state index in [-0.39, 0.29) is 11.7 Å². The average Bonchev–Trinajstić information content (AvgIpc) is 2.36. The van der Waals surface area contributed by atoms with E-state index in [4.69, 9.17) is 0 Å². The van der Waals surface area contributed by atoms with E-state index in [1.54, 1.807) is 20.9 Å². The fourth-order valence-corrected chi connectivity index (χ4v) is 1.65. The molecule has 0 spiro atoms. The molecular formula is C12H23N3O3. The van der Waals surface area contributed by atoms with Crippen molar-refractivity contribution in [3.63, 3.8) is 0 Å². The van der Waals surface area contributed by atoms with E-state index < -0.39 is 12.1 Å². The van der Waals surface area contributed by atoms with E-state index in [9.17, 15) is 14.4 Å². The molecule has 0 aromatic carbocycles. The normalized spacial score (nSPS) is 13.6. The molecule has 6 heteroatoms. The number of ketones is 1. The maximum Gasteiger partial charge on any atom is 0.258 e. The standard InChI is InChI=1S/C12H23N3O3/c1-6-11(13-5)12(18)15(9(3)10(4)17)14(7-2)8-16/h8-9,11,13H,6-7H2,1-5H3. The molecule has 18 heavy (non-hydrogen) atoms. The summed E-state index contributed by atoms with van der Waals surface area (Å²) >= 11 is 0. The van der Waals surface area contributed by atoms with Gasteiger partial charge in [0.25, 0.3) is 5.91 Å². The maximum atomic E-state index is 12.3. The lowest BCUT2D eigenvalue weighted by Gasteiger charge is -2.36. The Kier molecular flexibility index (Phi) is 7.19. The SMILES string of the molecule is CCC(NC)C(=O)N(C(C)C(C)=O)N(C=O)CC. The molecule has 0 bridgehead atoms. The van der Waals surface area contributed by atoms with Crippen LogP contribution in [0.1, 0.15) is 34.1 Å². The average molecular weight is 257 g/mol. The Balaban J connectivity index is 5.25. The van der Waals surface area contributed by atoms with Crippen LogP contribution in [0.5, 0.6) is 0 Å². The van der Waals surface area contributed by atoms with Gasteiger partial charge in [-0.15, -0.1) is 0 Å². The number of carbonyl (C=O) groups is 3. The van der Waals surface area contributed by atoms with E-state index in [2.05, 4.69) is 5.32 Å². The Labute approximate surface area is 108 Å². The van der Waals surface area contributed by atoms with E-state index in [0.29, 0.717) is 19.4 Å². The minimum atomic E-state index is -0.648. The number of hydrogen-bond donors (Lipinski definition) is 1. The van der Waals surface area contributed by atoms with Gasteiger partial charge in [-0.05, 0) is 34.2 Å². The molecule has 0 saturated heterocycles. The van der Waals surface area contributed by atoms with Gasteiger partial charge >= 0.3 is 0 Å². The van der Waals surface area contributed by atoms with E-state index in [1.165, 1.54) is 16.9 Å². The smallest absolute Gasteiger partial charge is 0.258 e. The van der Waals surface area contributed by atoms with Gasteiger partial charge in [-0.1, -0.05) is 6.92 Å². The van der Waals surface area contributed by atoms with Crippen molar-refractivity contribution in [3.05, 3.63) is 0 Å².